The molecular formula is C13H16N2O2S. The first-order valence-corrected chi connectivity index (χ1v) is 7.18. The standard InChI is InChI=1S/C13H16N2O2S/c1-17-12(16)4-2-3-10-8-18-13-14-11(7-15(10)13)9-5-6-9/h7-9H,2-6H2,1H3. The number of hydrogen-bond donors (Lipinski definition) is 0. The molecule has 0 radical (unpaired) electrons. The van der Waals surface area contributed by atoms with Gasteiger partial charge in [0.05, 0.1) is 12.8 Å². The number of hydrogen-bond acceptors (Lipinski definition) is 4. The van der Waals surface area contributed by atoms with Crippen molar-refractivity contribution in [2.75, 3.05) is 7.11 Å². The van der Waals surface area contributed by atoms with Gasteiger partial charge in [0.25, 0.3) is 0 Å². The first-order valence-electron chi connectivity index (χ1n) is 6.30. The van der Waals surface area contributed by atoms with Gasteiger partial charge in [0.15, 0.2) is 4.96 Å². The van der Waals surface area contributed by atoms with Crippen LogP contribution < -0.4 is 0 Å². The normalized spacial score (nSPS) is 15.2. The van der Waals surface area contributed by atoms with E-state index in [4.69, 9.17) is 0 Å². The molecule has 0 N–H and O–H groups in total. The van der Waals surface area contributed by atoms with Crippen LogP contribution in [0.3, 0.4) is 0 Å². The van der Waals surface area contributed by atoms with Crippen molar-refractivity contribution >= 4 is 22.3 Å². The van der Waals surface area contributed by atoms with Gasteiger partial charge in [0.2, 0.25) is 0 Å². The Hall–Kier alpha value is -1.36. The number of ether oxygens (including phenoxy) is 1. The van der Waals surface area contributed by atoms with E-state index in [9.17, 15) is 4.79 Å². The fourth-order valence-electron chi connectivity index (χ4n) is 2.12. The van der Waals surface area contributed by atoms with Gasteiger partial charge in [0.1, 0.15) is 0 Å². The smallest absolute Gasteiger partial charge is 0.305 e. The van der Waals surface area contributed by atoms with Crippen LogP contribution in [0.4, 0.5) is 0 Å². The molecule has 4 nitrogen and oxygen atoms in total. The molecular weight excluding hydrogens is 248 g/mol. The van der Waals surface area contributed by atoms with Crippen LogP contribution in [0.2, 0.25) is 0 Å². The summed E-state index contributed by atoms with van der Waals surface area (Å²) in [6.07, 6.45) is 6.94. The van der Waals surface area contributed by atoms with Gasteiger partial charge >= 0.3 is 5.97 Å². The molecule has 1 saturated carbocycles. The number of thiazole rings is 1. The molecule has 0 aliphatic heterocycles. The number of aryl methyl sites for hydroxylation is 1. The molecule has 96 valence electrons. The Balaban J connectivity index is 1.69. The number of aromatic nitrogens is 2. The van der Waals surface area contributed by atoms with Crippen molar-refractivity contribution in [3.05, 3.63) is 23.0 Å². The monoisotopic (exact) mass is 264 g/mol. The third-order valence-electron chi connectivity index (χ3n) is 3.34. The summed E-state index contributed by atoms with van der Waals surface area (Å²) in [6, 6.07) is 0. The summed E-state index contributed by atoms with van der Waals surface area (Å²) < 4.78 is 6.82. The van der Waals surface area contributed by atoms with E-state index in [-0.39, 0.29) is 5.97 Å². The molecule has 0 amide bonds. The van der Waals surface area contributed by atoms with Crippen molar-refractivity contribution in [1.82, 2.24) is 9.38 Å². The first kappa shape index (κ1) is 11.7. The molecule has 1 aliphatic rings. The van der Waals surface area contributed by atoms with Crippen LogP contribution in [-0.2, 0) is 16.0 Å². The summed E-state index contributed by atoms with van der Waals surface area (Å²) in [7, 11) is 1.43. The summed E-state index contributed by atoms with van der Waals surface area (Å²) in [6.45, 7) is 0. The number of nitrogens with zero attached hydrogens (tertiary/aromatic N) is 2. The Bertz CT molecular complexity index is 569. The zero-order valence-electron chi connectivity index (χ0n) is 10.4. The molecule has 3 rings (SSSR count). The number of imidazole rings is 1. The SMILES string of the molecule is COC(=O)CCCc1csc2nc(C3CC3)cn12. The third kappa shape index (κ3) is 2.27. The van der Waals surface area contributed by atoms with Crippen molar-refractivity contribution in [2.24, 2.45) is 0 Å². The number of carbonyl (C=O) groups excluding carboxylic acids is 1. The van der Waals surface area contributed by atoms with Gasteiger partial charge in [-0.05, 0) is 25.7 Å². The second-order valence-electron chi connectivity index (χ2n) is 4.75. The van der Waals surface area contributed by atoms with Crippen LogP contribution in [0.1, 0.15) is 43.0 Å². The molecule has 0 unspecified atom stereocenters. The van der Waals surface area contributed by atoms with E-state index < -0.39 is 0 Å². The van der Waals surface area contributed by atoms with E-state index >= 15 is 0 Å². The minimum Gasteiger partial charge on any atom is -0.469 e. The van der Waals surface area contributed by atoms with E-state index in [0.717, 1.165) is 17.8 Å². The van der Waals surface area contributed by atoms with Crippen molar-refractivity contribution < 1.29 is 9.53 Å². The van der Waals surface area contributed by atoms with Gasteiger partial charge in [-0.3, -0.25) is 9.20 Å². The average Bonchev–Trinajstić information content (AvgIpc) is 3.03. The molecule has 2 aromatic rings. The quantitative estimate of drug-likeness (QED) is 0.780. The molecule has 2 aromatic heterocycles. The Kier molecular flexibility index (Phi) is 3.07. The number of rotatable bonds is 5. The minimum atomic E-state index is -0.134. The van der Waals surface area contributed by atoms with E-state index in [0.29, 0.717) is 12.3 Å². The van der Waals surface area contributed by atoms with Crippen molar-refractivity contribution in [3.8, 4) is 0 Å². The highest BCUT2D eigenvalue weighted by atomic mass is 32.1. The lowest BCUT2D eigenvalue weighted by Crippen LogP contribution is -2.01. The summed E-state index contributed by atoms with van der Waals surface area (Å²) >= 11 is 1.68. The Labute approximate surface area is 110 Å². The summed E-state index contributed by atoms with van der Waals surface area (Å²) in [4.78, 5) is 16.8. The second kappa shape index (κ2) is 4.72. The Morgan fingerprint density at radius 2 is 2.44 bits per heavy atom. The summed E-state index contributed by atoms with van der Waals surface area (Å²) in [5, 5.41) is 2.14. The van der Waals surface area contributed by atoms with E-state index in [1.54, 1.807) is 11.3 Å². The predicted molar refractivity (Wildman–Crippen MR) is 70.0 cm³/mol. The van der Waals surface area contributed by atoms with Crippen LogP contribution in [0.5, 0.6) is 0 Å². The average molecular weight is 264 g/mol. The lowest BCUT2D eigenvalue weighted by atomic mass is 10.2. The molecule has 0 spiro atoms. The van der Waals surface area contributed by atoms with E-state index in [2.05, 4.69) is 25.7 Å². The van der Waals surface area contributed by atoms with E-state index in [1.165, 1.54) is 31.3 Å². The van der Waals surface area contributed by atoms with Gasteiger partial charge in [-0.25, -0.2) is 4.98 Å². The predicted octanol–water partition coefficient (Wildman–Crippen LogP) is 2.77. The van der Waals surface area contributed by atoms with Gasteiger partial charge in [-0.15, -0.1) is 11.3 Å². The number of fused-ring (bicyclic) bond motifs is 1. The molecule has 5 heteroatoms. The Morgan fingerprint density at radius 3 is 3.17 bits per heavy atom. The summed E-state index contributed by atoms with van der Waals surface area (Å²) in [5.41, 5.74) is 2.48. The van der Waals surface area contributed by atoms with Crippen molar-refractivity contribution in [1.29, 1.82) is 0 Å². The van der Waals surface area contributed by atoms with Crippen molar-refractivity contribution in [3.63, 3.8) is 0 Å². The lowest BCUT2D eigenvalue weighted by Gasteiger charge is -1.99. The van der Waals surface area contributed by atoms with Gasteiger partial charge in [-0.1, -0.05) is 0 Å². The second-order valence-corrected chi connectivity index (χ2v) is 5.59. The van der Waals surface area contributed by atoms with Crippen LogP contribution in [0.15, 0.2) is 11.6 Å². The minimum absolute atomic E-state index is 0.134. The highest BCUT2D eigenvalue weighted by Crippen LogP contribution is 2.40. The van der Waals surface area contributed by atoms with Crippen LogP contribution in [0.25, 0.3) is 4.96 Å². The molecule has 0 saturated heterocycles. The number of esters is 1. The molecule has 0 bridgehead atoms. The highest BCUT2D eigenvalue weighted by Gasteiger charge is 2.26. The lowest BCUT2D eigenvalue weighted by molar-refractivity contribution is -0.140. The van der Waals surface area contributed by atoms with Crippen LogP contribution in [-0.4, -0.2) is 22.5 Å². The van der Waals surface area contributed by atoms with Crippen LogP contribution >= 0.6 is 11.3 Å². The molecule has 1 fully saturated rings. The van der Waals surface area contributed by atoms with Gasteiger partial charge in [0, 0.05) is 29.6 Å². The fraction of sp³-hybridized carbons (Fsp3) is 0.538. The third-order valence-corrected chi connectivity index (χ3v) is 4.23. The number of methoxy groups -OCH3 is 1. The Morgan fingerprint density at radius 1 is 1.61 bits per heavy atom. The van der Waals surface area contributed by atoms with Crippen molar-refractivity contribution in [2.45, 2.75) is 38.0 Å². The molecule has 0 aromatic carbocycles. The fourth-order valence-corrected chi connectivity index (χ4v) is 3.03. The first-order chi connectivity index (χ1) is 8.78. The maximum absolute atomic E-state index is 11.1. The van der Waals surface area contributed by atoms with Gasteiger partial charge in [-0.2, -0.15) is 0 Å². The van der Waals surface area contributed by atoms with Crippen LogP contribution in [0, 0.1) is 0 Å². The topological polar surface area (TPSA) is 43.6 Å². The van der Waals surface area contributed by atoms with E-state index in [1.807, 2.05) is 0 Å². The molecule has 2 heterocycles. The zero-order chi connectivity index (χ0) is 12.5. The maximum atomic E-state index is 11.1. The molecule has 0 atom stereocenters. The largest absolute Gasteiger partial charge is 0.469 e. The zero-order valence-corrected chi connectivity index (χ0v) is 11.2. The van der Waals surface area contributed by atoms with Gasteiger partial charge < -0.3 is 4.74 Å². The number of carbonyl (C=O) groups is 1. The highest BCUT2D eigenvalue weighted by molar-refractivity contribution is 7.15. The summed E-state index contributed by atoms with van der Waals surface area (Å²) in [5.74, 6) is 0.561. The maximum Gasteiger partial charge on any atom is 0.305 e. The molecule has 1 aliphatic carbocycles. The molecule has 18 heavy (non-hydrogen) atoms.